The number of likely N-dealkylation sites (tertiary alicyclic amines) is 1. The van der Waals surface area contributed by atoms with Crippen molar-refractivity contribution in [1.29, 1.82) is 0 Å². The molecule has 6 heterocycles. The standard InChI is InChI=1S/C51H62BrF2N10O4P/c1-5-32-26-42(59-51-57-30-37(52)49(61-51)58-41-8-7-40-47(56-18-17-55-40)48(41)69(3,4)67)44(68-2)29-43(32)64-24-15-34(16-25-64)33-13-20-62(21-14-33)19-10-31-11-22-63(23-12-31)35-27-38(53)46(39(54)28-35)36-6-9-45(65)60-50(36)66/h7-8,17-18,26-31,33-34,36H,5-6,9-16,19-25H2,1-4H3,(H,60,65,66)(H2,57,58,59,61). The number of aromatic nitrogens is 4. The number of amides is 2. The Labute approximate surface area is 411 Å². The monoisotopic (exact) mass is 1030 g/mol. The Morgan fingerprint density at radius 1 is 0.841 bits per heavy atom. The molecule has 3 N–H and O–H groups in total. The van der Waals surface area contributed by atoms with Crippen molar-refractivity contribution in [2.45, 2.75) is 77.0 Å². The van der Waals surface area contributed by atoms with Crippen molar-refractivity contribution in [2.24, 2.45) is 17.8 Å². The number of benzene rings is 3. The van der Waals surface area contributed by atoms with E-state index in [0.717, 1.165) is 83.1 Å². The summed E-state index contributed by atoms with van der Waals surface area (Å²) in [5, 5.41) is 9.62. The van der Waals surface area contributed by atoms with Gasteiger partial charge >= 0.3 is 0 Å². The molecule has 2 amide bonds. The fraction of sp³-hybridized carbons (Fsp3) is 0.490. The molecule has 4 saturated heterocycles. The Kier molecular flexibility index (Phi) is 14.8. The topological polar surface area (TPSA) is 158 Å². The van der Waals surface area contributed by atoms with Crippen molar-refractivity contribution in [3.8, 4) is 5.75 Å². The van der Waals surface area contributed by atoms with Gasteiger partial charge in [-0.3, -0.25) is 24.9 Å². The third kappa shape index (κ3) is 10.9. The number of halogens is 3. The van der Waals surface area contributed by atoms with Crippen LogP contribution in [0, 0.1) is 29.4 Å². The molecule has 18 heteroatoms. The van der Waals surface area contributed by atoms with Gasteiger partial charge in [0.05, 0.1) is 39.7 Å². The highest BCUT2D eigenvalue weighted by molar-refractivity contribution is 9.10. The molecule has 4 aliphatic rings. The second-order valence-corrected chi connectivity index (χ2v) is 23.5. The number of hydrogen-bond donors (Lipinski definition) is 3. The smallest absolute Gasteiger partial charge is 0.234 e. The summed E-state index contributed by atoms with van der Waals surface area (Å²) in [5.41, 5.74) is 5.38. The summed E-state index contributed by atoms with van der Waals surface area (Å²) in [6.45, 7) is 12.5. The minimum Gasteiger partial charge on any atom is -0.494 e. The van der Waals surface area contributed by atoms with Crippen LogP contribution in [0.5, 0.6) is 5.75 Å². The van der Waals surface area contributed by atoms with E-state index in [9.17, 15) is 14.2 Å². The lowest BCUT2D eigenvalue weighted by atomic mass is 9.78. The zero-order valence-corrected chi connectivity index (χ0v) is 42.4. The fourth-order valence-corrected chi connectivity index (χ4v) is 12.7. The third-order valence-electron chi connectivity index (χ3n) is 14.8. The summed E-state index contributed by atoms with van der Waals surface area (Å²) in [5.74, 6) is 0.143. The molecule has 9 rings (SSSR count). The fourth-order valence-electron chi connectivity index (χ4n) is 11.0. The highest BCUT2D eigenvalue weighted by Gasteiger charge is 2.34. The van der Waals surface area contributed by atoms with Crippen LogP contribution in [0.2, 0.25) is 0 Å². The average Bonchev–Trinajstić information content (AvgIpc) is 3.34. The van der Waals surface area contributed by atoms with Gasteiger partial charge in [0.25, 0.3) is 0 Å². The molecule has 4 aliphatic heterocycles. The normalized spacial score (nSPS) is 19.3. The second kappa shape index (κ2) is 21.0. The van der Waals surface area contributed by atoms with E-state index in [1.165, 1.54) is 49.1 Å². The van der Waals surface area contributed by atoms with Gasteiger partial charge in [-0.15, -0.1) is 0 Å². The zero-order valence-electron chi connectivity index (χ0n) is 39.9. The molecule has 4 fully saturated rings. The molecule has 0 spiro atoms. The molecule has 3 aromatic carbocycles. The van der Waals surface area contributed by atoms with E-state index in [1.54, 1.807) is 39.0 Å². The van der Waals surface area contributed by atoms with Gasteiger partial charge in [0.1, 0.15) is 35.9 Å². The Hall–Kier alpha value is -5.25. The molecule has 0 aliphatic carbocycles. The first-order valence-corrected chi connectivity index (χ1v) is 27.8. The number of aryl methyl sites for hydroxylation is 1. The van der Waals surface area contributed by atoms with Crippen molar-refractivity contribution >= 4 is 85.7 Å². The van der Waals surface area contributed by atoms with Gasteiger partial charge in [-0.25, -0.2) is 13.8 Å². The molecule has 1 unspecified atom stereocenters. The van der Waals surface area contributed by atoms with Gasteiger partial charge in [0, 0.05) is 74.2 Å². The van der Waals surface area contributed by atoms with Crippen molar-refractivity contribution in [1.82, 2.24) is 30.2 Å². The molecule has 366 valence electrons. The zero-order chi connectivity index (χ0) is 48.4. The molecule has 5 aromatic rings. The van der Waals surface area contributed by atoms with Crippen molar-refractivity contribution in [2.75, 3.05) is 86.7 Å². The van der Waals surface area contributed by atoms with E-state index in [4.69, 9.17) is 9.72 Å². The van der Waals surface area contributed by atoms with Crippen molar-refractivity contribution in [3.05, 3.63) is 82.2 Å². The van der Waals surface area contributed by atoms with Crippen LogP contribution in [0.3, 0.4) is 0 Å². The summed E-state index contributed by atoms with van der Waals surface area (Å²) in [6, 6.07) is 10.7. The molecule has 0 bridgehead atoms. The maximum atomic E-state index is 15.2. The lowest BCUT2D eigenvalue weighted by Gasteiger charge is -2.41. The molecular formula is C51H62BrF2N10O4P. The average molecular weight is 1030 g/mol. The summed E-state index contributed by atoms with van der Waals surface area (Å²) < 4.78 is 50.6. The lowest BCUT2D eigenvalue weighted by molar-refractivity contribution is -0.134. The first kappa shape index (κ1) is 48.8. The van der Waals surface area contributed by atoms with Crippen LogP contribution in [-0.4, -0.2) is 103 Å². The summed E-state index contributed by atoms with van der Waals surface area (Å²) in [7, 11) is -1.09. The Balaban J connectivity index is 0.750. The number of hydrogen-bond acceptors (Lipinski definition) is 13. The molecule has 14 nitrogen and oxygen atoms in total. The number of anilines is 6. The predicted octanol–water partition coefficient (Wildman–Crippen LogP) is 9.52. The van der Waals surface area contributed by atoms with Gasteiger partial charge in [-0.05, 0) is 160 Å². The van der Waals surface area contributed by atoms with Crippen LogP contribution in [0.4, 0.5) is 43.3 Å². The van der Waals surface area contributed by atoms with Gasteiger partial charge in [-0.1, -0.05) is 6.92 Å². The number of piperidine rings is 4. The van der Waals surface area contributed by atoms with Gasteiger partial charge in [0.2, 0.25) is 17.8 Å². The van der Waals surface area contributed by atoms with Crippen LogP contribution < -0.4 is 35.8 Å². The SMILES string of the molecule is CCc1cc(Nc2ncc(Br)c(Nc3ccc4nccnc4c3P(C)(C)=O)n2)c(OC)cc1N1CCC(C2CCN(CCC3CCN(c4cc(F)c(C5CCC(=O)NC5=O)c(F)c4)CC3)CC2)CC1. The minimum absolute atomic E-state index is 0.0726. The number of methoxy groups -OCH3 is 1. The number of rotatable bonds is 14. The molecular weight excluding hydrogens is 966 g/mol. The lowest BCUT2D eigenvalue weighted by Crippen LogP contribution is -2.42. The van der Waals surface area contributed by atoms with Gasteiger partial charge < -0.3 is 34.6 Å². The number of carbonyl (C=O) groups is 2. The van der Waals surface area contributed by atoms with Gasteiger partial charge in [-0.2, -0.15) is 4.98 Å². The first-order chi connectivity index (χ1) is 33.3. The quantitative estimate of drug-likeness (QED) is 0.0715. The first-order valence-electron chi connectivity index (χ1n) is 24.4. The molecule has 0 radical (unpaired) electrons. The maximum Gasteiger partial charge on any atom is 0.234 e. The number of fused-ring (bicyclic) bond motifs is 1. The van der Waals surface area contributed by atoms with E-state index in [2.05, 4.69) is 75.7 Å². The highest BCUT2D eigenvalue weighted by Crippen LogP contribution is 2.43. The highest BCUT2D eigenvalue weighted by atomic mass is 79.9. The van der Waals surface area contributed by atoms with E-state index in [0.29, 0.717) is 61.5 Å². The number of ether oxygens (including phenoxy) is 1. The van der Waals surface area contributed by atoms with E-state index >= 15 is 8.78 Å². The number of nitrogens with one attached hydrogen (secondary N) is 3. The van der Waals surface area contributed by atoms with Crippen molar-refractivity contribution < 1.29 is 27.7 Å². The Morgan fingerprint density at radius 3 is 2.19 bits per heavy atom. The summed E-state index contributed by atoms with van der Waals surface area (Å²) in [4.78, 5) is 49.4. The maximum absolute atomic E-state index is 15.2. The molecule has 0 saturated carbocycles. The third-order valence-corrected chi connectivity index (χ3v) is 17.0. The van der Waals surface area contributed by atoms with Crippen LogP contribution in [0.1, 0.15) is 81.8 Å². The van der Waals surface area contributed by atoms with Crippen molar-refractivity contribution in [3.63, 3.8) is 0 Å². The van der Waals surface area contributed by atoms with Gasteiger partial charge in [0.15, 0.2) is 0 Å². The second-order valence-electron chi connectivity index (χ2n) is 19.5. The molecule has 2 aromatic heterocycles. The summed E-state index contributed by atoms with van der Waals surface area (Å²) >= 11 is 3.60. The largest absolute Gasteiger partial charge is 0.494 e. The number of imide groups is 1. The molecule has 69 heavy (non-hydrogen) atoms. The number of carbonyl (C=O) groups excluding carboxylic acids is 2. The Morgan fingerprint density at radius 2 is 1.52 bits per heavy atom. The predicted molar refractivity (Wildman–Crippen MR) is 272 cm³/mol. The molecule has 1 atom stereocenters. The number of nitrogens with zero attached hydrogens (tertiary/aromatic N) is 7. The summed E-state index contributed by atoms with van der Waals surface area (Å²) in [6.07, 6.45) is 13.8. The van der Waals surface area contributed by atoms with E-state index < -0.39 is 36.5 Å². The van der Waals surface area contributed by atoms with E-state index in [-0.39, 0.29) is 18.4 Å². The Bertz CT molecular complexity index is 2730. The van der Waals surface area contributed by atoms with Crippen LogP contribution in [-0.2, 0) is 20.6 Å². The van der Waals surface area contributed by atoms with Crippen LogP contribution >= 0.6 is 23.1 Å². The van der Waals surface area contributed by atoms with Crippen LogP contribution in [0.25, 0.3) is 11.0 Å². The minimum atomic E-state index is -2.78. The van der Waals surface area contributed by atoms with Crippen LogP contribution in [0.15, 0.2) is 59.5 Å². The van der Waals surface area contributed by atoms with E-state index in [1.807, 2.05) is 17.0 Å².